The molecule has 7 heteroatoms. The Morgan fingerprint density at radius 2 is 1.82 bits per heavy atom. The normalized spacial score (nSPS) is 14.6. The molecule has 0 saturated carbocycles. The van der Waals surface area contributed by atoms with Gasteiger partial charge in [0.05, 0.1) is 18.3 Å². The number of carbonyl (C=O) groups is 1. The van der Waals surface area contributed by atoms with Gasteiger partial charge in [0.2, 0.25) is 0 Å². The Morgan fingerprint density at radius 1 is 1.11 bits per heavy atom. The van der Waals surface area contributed by atoms with Gasteiger partial charge in [-0.3, -0.25) is 0 Å². The van der Waals surface area contributed by atoms with Crippen molar-refractivity contribution in [1.82, 2.24) is 14.8 Å². The zero-order chi connectivity index (χ0) is 27.1. The molecule has 0 unspecified atom stereocenters. The number of ether oxygens (including phenoxy) is 2. The number of rotatable bonds is 9. The van der Waals surface area contributed by atoms with Gasteiger partial charge in [-0.05, 0) is 95.9 Å². The summed E-state index contributed by atoms with van der Waals surface area (Å²) >= 11 is 0. The van der Waals surface area contributed by atoms with Crippen LogP contribution in [0.25, 0.3) is 22.2 Å². The Morgan fingerprint density at radius 3 is 2.50 bits per heavy atom. The zero-order valence-corrected chi connectivity index (χ0v) is 23.5. The van der Waals surface area contributed by atoms with Crippen molar-refractivity contribution >= 4 is 22.7 Å². The fourth-order valence-corrected chi connectivity index (χ4v) is 4.96. The van der Waals surface area contributed by atoms with Crippen molar-refractivity contribution in [3.05, 3.63) is 54.6 Å². The maximum Gasteiger partial charge on any atom is 0.410 e. The molecular formula is C31H42N4O3. The summed E-state index contributed by atoms with van der Waals surface area (Å²) in [5.41, 5.74) is 3.67. The molecule has 0 spiro atoms. The predicted octanol–water partition coefficient (Wildman–Crippen LogP) is 6.29. The summed E-state index contributed by atoms with van der Waals surface area (Å²) in [4.78, 5) is 21.5. The predicted molar refractivity (Wildman–Crippen MR) is 155 cm³/mol. The number of aromatic nitrogens is 1. The number of methoxy groups -OCH3 is 1. The van der Waals surface area contributed by atoms with E-state index in [0.717, 1.165) is 85.6 Å². The monoisotopic (exact) mass is 518 g/mol. The third kappa shape index (κ3) is 7.60. The highest BCUT2D eigenvalue weighted by atomic mass is 16.6. The number of hydrogen-bond donors (Lipinski definition) is 1. The lowest BCUT2D eigenvalue weighted by Gasteiger charge is -2.34. The lowest BCUT2D eigenvalue weighted by atomic mass is 9.96. The smallest absolute Gasteiger partial charge is 0.410 e. The molecule has 0 bridgehead atoms. The number of piperidine rings is 1. The number of nitrogens with one attached hydrogen (secondary N) is 1. The molecule has 2 aromatic carbocycles. The van der Waals surface area contributed by atoms with Crippen molar-refractivity contribution in [2.24, 2.45) is 5.92 Å². The van der Waals surface area contributed by atoms with Crippen molar-refractivity contribution in [2.45, 2.75) is 45.6 Å². The number of benzene rings is 2. The number of pyridine rings is 1. The van der Waals surface area contributed by atoms with Crippen LogP contribution < -0.4 is 10.1 Å². The van der Waals surface area contributed by atoms with Crippen LogP contribution in [0.4, 0.5) is 10.5 Å². The van der Waals surface area contributed by atoms with Crippen molar-refractivity contribution in [2.75, 3.05) is 52.2 Å². The number of hydrogen-bond acceptors (Lipinski definition) is 6. The molecule has 1 N–H and O–H groups in total. The SMILES string of the molecule is COc1ccc(-c2cc(NCCCN(C)CC3CCN(C(=O)OC(C)(C)C)CC3)c3ccccc3n2)cc1. The minimum atomic E-state index is -0.442. The molecule has 1 saturated heterocycles. The Bertz CT molecular complexity index is 1200. The topological polar surface area (TPSA) is 66.9 Å². The number of amides is 1. The summed E-state index contributed by atoms with van der Waals surface area (Å²) < 4.78 is 10.8. The Balaban J connectivity index is 1.27. The second-order valence-electron chi connectivity index (χ2n) is 11.3. The molecule has 1 aromatic heterocycles. The minimum absolute atomic E-state index is 0.186. The van der Waals surface area contributed by atoms with Gasteiger partial charge in [0, 0.05) is 42.8 Å². The largest absolute Gasteiger partial charge is 0.497 e. The molecule has 204 valence electrons. The van der Waals surface area contributed by atoms with Crippen molar-refractivity contribution in [3.63, 3.8) is 0 Å². The minimum Gasteiger partial charge on any atom is -0.497 e. The molecule has 38 heavy (non-hydrogen) atoms. The number of anilines is 1. The average Bonchev–Trinajstić information content (AvgIpc) is 2.90. The molecule has 1 amide bonds. The van der Waals surface area contributed by atoms with Crippen molar-refractivity contribution in [3.8, 4) is 17.0 Å². The molecule has 0 radical (unpaired) electrons. The van der Waals surface area contributed by atoms with E-state index < -0.39 is 5.60 Å². The van der Waals surface area contributed by atoms with E-state index in [1.165, 1.54) is 0 Å². The fourth-order valence-electron chi connectivity index (χ4n) is 4.96. The van der Waals surface area contributed by atoms with Crippen LogP contribution >= 0.6 is 0 Å². The molecule has 2 heterocycles. The highest BCUT2D eigenvalue weighted by Crippen LogP contribution is 2.29. The van der Waals surface area contributed by atoms with Crippen LogP contribution in [0.5, 0.6) is 5.75 Å². The Hall–Kier alpha value is -3.32. The maximum atomic E-state index is 12.3. The van der Waals surface area contributed by atoms with Crippen LogP contribution in [0.3, 0.4) is 0 Å². The first kappa shape index (κ1) is 27.7. The maximum absolute atomic E-state index is 12.3. The van der Waals surface area contributed by atoms with E-state index >= 15 is 0 Å². The molecule has 0 atom stereocenters. The molecule has 0 aliphatic carbocycles. The van der Waals surface area contributed by atoms with Gasteiger partial charge in [0.15, 0.2) is 0 Å². The Kier molecular flexibility index (Phi) is 9.10. The van der Waals surface area contributed by atoms with Crippen LogP contribution in [-0.4, -0.2) is 73.4 Å². The highest BCUT2D eigenvalue weighted by Gasteiger charge is 2.27. The van der Waals surface area contributed by atoms with Gasteiger partial charge in [-0.25, -0.2) is 9.78 Å². The first-order valence-electron chi connectivity index (χ1n) is 13.7. The molecule has 1 fully saturated rings. The van der Waals surface area contributed by atoms with Gasteiger partial charge in [-0.15, -0.1) is 0 Å². The number of para-hydroxylation sites is 1. The van der Waals surface area contributed by atoms with Crippen LogP contribution in [0, 0.1) is 5.92 Å². The number of nitrogens with zero attached hydrogens (tertiary/aromatic N) is 3. The van der Waals surface area contributed by atoms with Crippen LogP contribution in [0.15, 0.2) is 54.6 Å². The highest BCUT2D eigenvalue weighted by molar-refractivity contribution is 5.93. The van der Waals surface area contributed by atoms with Crippen molar-refractivity contribution < 1.29 is 14.3 Å². The van der Waals surface area contributed by atoms with Crippen LogP contribution in [0.2, 0.25) is 0 Å². The number of fused-ring (bicyclic) bond motifs is 1. The summed E-state index contributed by atoms with van der Waals surface area (Å²) in [6.45, 7) is 10.3. The van der Waals surface area contributed by atoms with Gasteiger partial charge >= 0.3 is 6.09 Å². The first-order chi connectivity index (χ1) is 18.2. The number of carbonyl (C=O) groups excluding carboxylic acids is 1. The lowest BCUT2D eigenvalue weighted by Crippen LogP contribution is -2.43. The van der Waals surface area contributed by atoms with Gasteiger partial charge < -0.3 is 24.6 Å². The van der Waals surface area contributed by atoms with E-state index in [-0.39, 0.29) is 6.09 Å². The molecule has 7 nitrogen and oxygen atoms in total. The third-order valence-corrected chi connectivity index (χ3v) is 6.97. The van der Waals surface area contributed by atoms with Crippen LogP contribution in [0.1, 0.15) is 40.0 Å². The summed E-state index contributed by atoms with van der Waals surface area (Å²) in [6, 6.07) is 18.5. The third-order valence-electron chi connectivity index (χ3n) is 6.97. The molecular weight excluding hydrogens is 476 g/mol. The summed E-state index contributed by atoms with van der Waals surface area (Å²) in [7, 11) is 3.88. The van der Waals surface area contributed by atoms with E-state index in [4.69, 9.17) is 14.5 Å². The van der Waals surface area contributed by atoms with E-state index in [9.17, 15) is 4.79 Å². The van der Waals surface area contributed by atoms with Crippen LogP contribution in [-0.2, 0) is 4.74 Å². The van der Waals surface area contributed by atoms with E-state index in [2.05, 4.69) is 41.5 Å². The second kappa shape index (κ2) is 12.5. The van der Waals surface area contributed by atoms with Gasteiger partial charge in [-0.2, -0.15) is 0 Å². The van der Waals surface area contributed by atoms with Crippen molar-refractivity contribution in [1.29, 1.82) is 0 Å². The summed E-state index contributed by atoms with van der Waals surface area (Å²) in [5.74, 6) is 1.45. The quantitative estimate of drug-likeness (QED) is 0.336. The van der Waals surface area contributed by atoms with Gasteiger partial charge in [0.1, 0.15) is 11.4 Å². The number of likely N-dealkylation sites (tertiary alicyclic amines) is 1. The summed E-state index contributed by atoms with van der Waals surface area (Å²) in [6.07, 6.45) is 2.91. The Labute approximate surface area is 227 Å². The fraction of sp³-hybridized carbons (Fsp3) is 0.484. The molecule has 4 rings (SSSR count). The standard InChI is InChI=1S/C31H42N4O3/c1-31(2,3)38-30(36)35-19-15-23(16-20-35)22-34(4)18-8-17-32-29-21-28(24-11-13-25(37-5)14-12-24)33-27-10-7-6-9-26(27)29/h6-7,9-14,21,23H,8,15-20,22H2,1-5H3,(H,32,33). The molecule has 1 aliphatic heterocycles. The summed E-state index contributed by atoms with van der Waals surface area (Å²) in [5, 5.41) is 4.80. The van der Waals surface area contributed by atoms with E-state index in [1.807, 2.05) is 56.0 Å². The van der Waals surface area contributed by atoms with E-state index in [1.54, 1.807) is 7.11 Å². The zero-order valence-electron chi connectivity index (χ0n) is 23.5. The van der Waals surface area contributed by atoms with Gasteiger partial charge in [-0.1, -0.05) is 18.2 Å². The molecule has 3 aromatic rings. The second-order valence-corrected chi connectivity index (χ2v) is 11.3. The van der Waals surface area contributed by atoms with Gasteiger partial charge in [0.25, 0.3) is 0 Å². The average molecular weight is 519 g/mol. The first-order valence-corrected chi connectivity index (χ1v) is 13.7. The lowest BCUT2D eigenvalue weighted by molar-refractivity contribution is 0.0173. The molecule has 1 aliphatic rings. The van der Waals surface area contributed by atoms with E-state index in [0.29, 0.717) is 5.92 Å².